The largest absolute Gasteiger partial charge is 0.103 e. The van der Waals surface area contributed by atoms with Gasteiger partial charge in [-0.1, -0.05) is 35.0 Å². The first-order valence-electron chi connectivity index (χ1n) is 5.47. The Kier molecular flexibility index (Phi) is 4.59. The summed E-state index contributed by atoms with van der Waals surface area (Å²) in [6.07, 6.45) is 4.22. The van der Waals surface area contributed by atoms with Crippen molar-refractivity contribution in [1.82, 2.24) is 0 Å². The van der Waals surface area contributed by atoms with Gasteiger partial charge in [-0.25, -0.2) is 0 Å². The van der Waals surface area contributed by atoms with E-state index >= 15 is 0 Å². The zero-order valence-electron chi connectivity index (χ0n) is 9.81. The van der Waals surface area contributed by atoms with Gasteiger partial charge in [0.25, 0.3) is 0 Å². The predicted molar refractivity (Wildman–Crippen MR) is 71.5 cm³/mol. The summed E-state index contributed by atoms with van der Waals surface area (Å²) in [5, 5.41) is 0. The van der Waals surface area contributed by atoms with Crippen molar-refractivity contribution in [1.29, 1.82) is 0 Å². The van der Waals surface area contributed by atoms with Gasteiger partial charge < -0.3 is 0 Å². The molecule has 0 N–H and O–H groups in total. The third kappa shape index (κ3) is 2.94. The molecule has 1 atom stereocenters. The van der Waals surface area contributed by atoms with Crippen molar-refractivity contribution in [2.45, 2.75) is 39.5 Å². The molecular weight excluding hydrogens is 248 g/mol. The van der Waals surface area contributed by atoms with Gasteiger partial charge in [0.15, 0.2) is 0 Å². The fourth-order valence-electron chi connectivity index (χ4n) is 1.83. The van der Waals surface area contributed by atoms with Crippen LogP contribution < -0.4 is 0 Å². The van der Waals surface area contributed by atoms with Crippen molar-refractivity contribution in [2.24, 2.45) is 0 Å². The summed E-state index contributed by atoms with van der Waals surface area (Å²) in [5.41, 5.74) is 4.13. The second-order valence-corrected chi connectivity index (χ2v) is 4.94. The number of hydrogen-bond acceptors (Lipinski definition) is 0. The van der Waals surface area contributed by atoms with Crippen LogP contribution in [0.3, 0.4) is 0 Å². The Morgan fingerprint density at radius 1 is 1.33 bits per heavy atom. The molecule has 0 amide bonds. The molecule has 1 aromatic carbocycles. The van der Waals surface area contributed by atoms with Crippen LogP contribution in [0.4, 0.5) is 0 Å². The maximum Gasteiger partial charge on any atom is 0.0213 e. The molecule has 0 bridgehead atoms. The van der Waals surface area contributed by atoms with Crippen LogP contribution in [0.5, 0.6) is 0 Å². The van der Waals surface area contributed by atoms with E-state index in [0.717, 1.165) is 12.8 Å². The number of hydrogen-bond donors (Lipinski definition) is 0. The molecular formula is C14H19Br. The highest BCUT2D eigenvalue weighted by atomic mass is 79.9. The molecule has 0 heterocycles. The monoisotopic (exact) mass is 266 g/mol. The number of rotatable bonds is 4. The lowest BCUT2D eigenvalue weighted by atomic mass is 9.91. The second-order valence-electron chi connectivity index (χ2n) is 4.09. The molecule has 0 saturated heterocycles. The smallest absolute Gasteiger partial charge is 0.0213 e. The summed E-state index contributed by atoms with van der Waals surface area (Å²) in [4.78, 5) is 0. The molecule has 0 nitrogen and oxygen atoms in total. The highest BCUT2D eigenvalue weighted by Crippen LogP contribution is 2.32. The number of allylic oxidation sites excluding steroid dienone is 1. The van der Waals surface area contributed by atoms with Crippen LogP contribution in [0.1, 0.15) is 42.4 Å². The molecule has 0 spiro atoms. The lowest BCUT2D eigenvalue weighted by molar-refractivity contribution is 0.671. The first-order chi connectivity index (χ1) is 7.10. The van der Waals surface area contributed by atoms with E-state index < -0.39 is 0 Å². The van der Waals surface area contributed by atoms with E-state index in [0.29, 0.717) is 5.92 Å². The number of benzene rings is 1. The van der Waals surface area contributed by atoms with Gasteiger partial charge in [-0.15, -0.1) is 6.58 Å². The first kappa shape index (κ1) is 12.5. The van der Waals surface area contributed by atoms with Gasteiger partial charge in [0.1, 0.15) is 0 Å². The molecule has 0 aliphatic carbocycles. The van der Waals surface area contributed by atoms with Crippen LogP contribution in [0, 0.1) is 13.8 Å². The first-order valence-corrected chi connectivity index (χ1v) is 6.27. The average Bonchev–Trinajstić information content (AvgIpc) is 2.20. The highest BCUT2D eigenvalue weighted by molar-refractivity contribution is 9.10. The summed E-state index contributed by atoms with van der Waals surface area (Å²) >= 11 is 3.66. The molecule has 0 saturated carbocycles. The van der Waals surface area contributed by atoms with Crippen LogP contribution in [0.15, 0.2) is 29.3 Å². The maximum atomic E-state index is 3.83. The van der Waals surface area contributed by atoms with Crippen LogP contribution in [-0.2, 0) is 0 Å². The lowest BCUT2D eigenvalue weighted by Gasteiger charge is -2.17. The average molecular weight is 267 g/mol. The van der Waals surface area contributed by atoms with Crippen molar-refractivity contribution in [3.63, 3.8) is 0 Å². The molecule has 0 aromatic heterocycles. The van der Waals surface area contributed by atoms with E-state index in [4.69, 9.17) is 0 Å². The Labute approximate surface area is 102 Å². The Balaban J connectivity index is 3.11. The number of aryl methyl sites for hydroxylation is 2. The van der Waals surface area contributed by atoms with E-state index in [2.05, 4.69) is 55.4 Å². The molecule has 0 fully saturated rings. The van der Waals surface area contributed by atoms with Crippen LogP contribution in [0.2, 0.25) is 0 Å². The third-order valence-electron chi connectivity index (χ3n) is 3.00. The van der Waals surface area contributed by atoms with E-state index in [-0.39, 0.29) is 0 Å². The van der Waals surface area contributed by atoms with Crippen molar-refractivity contribution in [3.8, 4) is 0 Å². The van der Waals surface area contributed by atoms with Crippen molar-refractivity contribution < 1.29 is 0 Å². The minimum atomic E-state index is 0.594. The molecule has 15 heavy (non-hydrogen) atoms. The number of halogens is 1. The molecule has 0 aliphatic heterocycles. The topological polar surface area (TPSA) is 0 Å². The van der Waals surface area contributed by atoms with E-state index in [9.17, 15) is 0 Å². The standard InChI is InChI=1S/C14H19Br/c1-5-7-12(6-2)13-8-10(3)11(4)9-14(13)15/h5,8-9,12H,1,6-7H2,2-4H3. The van der Waals surface area contributed by atoms with Gasteiger partial charge in [-0.2, -0.15) is 0 Å². The normalized spacial score (nSPS) is 12.5. The summed E-state index contributed by atoms with van der Waals surface area (Å²) in [6, 6.07) is 4.52. The maximum absolute atomic E-state index is 3.83. The molecule has 0 aliphatic rings. The summed E-state index contributed by atoms with van der Waals surface area (Å²) in [5.74, 6) is 0.594. The minimum absolute atomic E-state index is 0.594. The van der Waals surface area contributed by atoms with Crippen molar-refractivity contribution in [3.05, 3.63) is 46.0 Å². The summed E-state index contributed by atoms with van der Waals surface area (Å²) in [6.45, 7) is 10.4. The molecule has 1 unspecified atom stereocenters. The quantitative estimate of drug-likeness (QED) is 0.663. The Bertz CT molecular complexity index is 353. The van der Waals surface area contributed by atoms with E-state index in [1.165, 1.54) is 21.2 Å². The Hall–Kier alpha value is -0.560. The fourth-order valence-corrected chi connectivity index (χ4v) is 2.61. The van der Waals surface area contributed by atoms with Gasteiger partial charge >= 0.3 is 0 Å². The van der Waals surface area contributed by atoms with Gasteiger partial charge in [-0.05, 0) is 55.4 Å². The molecule has 82 valence electrons. The van der Waals surface area contributed by atoms with Crippen molar-refractivity contribution in [2.75, 3.05) is 0 Å². The van der Waals surface area contributed by atoms with Crippen LogP contribution >= 0.6 is 15.9 Å². The fraction of sp³-hybridized carbons (Fsp3) is 0.429. The van der Waals surface area contributed by atoms with Crippen LogP contribution in [-0.4, -0.2) is 0 Å². The Morgan fingerprint density at radius 2 is 1.93 bits per heavy atom. The van der Waals surface area contributed by atoms with Crippen molar-refractivity contribution >= 4 is 15.9 Å². The Morgan fingerprint density at radius 3 is 2.47 bits per heavy atom. The van der Waals surface area contributed by atoms with Gasteiger partial charge in [-0.3, -0.25) is 0 Å². The molecule has 0 radical (unpaired) electrons. The summed E-state index contributed by atoms with van der Waals surface area (Å²) < 4.78 is 1.24. The summed E-state index contributed by atoms with van der Waals surface area (Å²) in [7, 11) is 0. The van der Waals surface area contributed by atoms with E-state index in [1.807, 2.05) is 6.08 Å². The zero-order chi connectivity index (χ0) is 11.4. The minimum Gasteiger partial charge on any atom is -0.103 e. The predicted octanol–water partition coefficient (Wildman–Crippen LogP) is 5.14. The lowest BCUT2D eigenvalue weighted by Crippen LogP contribution is -1.99. The zero-order valence-corrected chi connectivity index (χ0v) is 11.4. The SMILES string of the molecule is C=CCC(CC)c1cc(C)c(C)cc1Br. The third-order valence-corrected chi connectivity index (χ3v) is 3.68. The second kappa shape index (κ2) is 5.50. The molecule has 1 rings (SSSR count). The van der Waals surface area contributed by atoms with Crippen LogP contribution in [0.25, 0.3) is 0 Å². The van der Waals surface area contributed by atoms with Gasteiger partial charge in [0.05, 0.1) is 0 Å². The molecule has 1 aromatic rings. The van der Waals surface area contributed by atoms with E-state index in [1.54, 1.807) is 0 Å². The highest BCUT2D eigenvalue weighted by Gasteiger charge is 2.12. The van der Waals surface area contributed by atoms with Gasteiger partial charge in [0, 0.05) is 4.47 Å². The molecule has 1 heteroatoms. The van der Waals surface area contributed by atoms with Gasteiger partial charge in [0.2, 0.25) is 0 Å².